The van der Waals surface area contributed by atoms with Crippen LogP contribution >= 0.6 is 0 Å². The molecule has 60 heavy (non-hydrogen) atoms. The number of nitrogens with zero attached hydrogens (tertiary/aromatic N) is 1. The molecule has 0 radical (unpaired) electrons. The van der Waals surface area contributed by atoms with Crippen LogP contribution in [-0.4, -0.2) is 0 Å². The Morgan fingerprint density at radius 2 is 1.00 bits per heavy atom. The first kappa shape index (κ1) is 33.1. The Morgan fingerprint density at radius 1 is 0.383 bits per heavy atom. The van der Waals surface area contributed by atoms with Crippen LogP contribution < -0.4 is 4.90 Å². The first-order valence-corrected chi connectivity index (χ1v) is 23.2. The Hall–Kier alpha value is -5.66. The molecule has 0 N–H and O–H groups in total. The monoisotopic (exact) mass is 771 g/mol. The lowest BCUT2D eigenvalue weighted by Gasteiger charge is -2.78. The van der Waals surface area contributed by atoms with Crippen LogP contribution in [0.3, 0.4) is 0 Å². The van der Waals surface area contributed by atoms with Crippen LogP contribution in [0.2, 0.25) is 0 Å². The summed E-state index contributed by atoms with van der Waals surface area (Å²) in [5.41, 5.74) is 21.9. The van der Waals surface area contributed by atoms with E-state index in [4.69, 9.17) is 0 Å². The van der Waals surface area contributed by atoms with Crippen LogP contribution in [0, 0.1) is 40.9 Å². The van der Waals surface area contributed by atoms with Crippen LogP contribution in [0.15, 0.2) is 164 Å². The van der Waals surface area contributed by atoms with Crippen molar-refractivity contribution in [3.8, 4) is 44.5 Å². The van der Waals surface area contributed by atoms with Crippen molar-refractivity contribution in [2.24, 2.45) is 40.9 Å². The van der Waals surface area contributed by atoms with Crippen molar-refractivity contribution in [1.29, 1.82) is 0 Å². The largest absolute Gasteiger partial charge is 0.310 e. The first-order valence-electron chi connectivity index (χ1n) is 23.2. The molecule has 7 saturated carbocycles. The highest BCUT2D eigenvalue weighted by Gasteiger charge is 2.76. The molecule has 1 heteroatoms. The molecule has 0 heterocycles. The van der Waals surface area contributed by atoms with Crippen LogP contribution in [0.5, 0.6) is 0 Å². The molecule has 4 bridgehead atoms. The predicted octanol–water partition coefficient (Wildman–Crippen LogP) is 15.1. The third-order valence-corrected chi connectivity index (χ3v) is 18.6. The van der Waals surface area contributed by atoms with E-state index < -0.39 is 0 Å². The fourth-order valence-electron chi connectivity index (χ4n) is 16.5. The van der Waals surface area contributed by atoms with Gasteiger partial charge in [-0.3, -0.25) is 0 Å². The highest BCUT2D eigenvalue weighted by atomic mass is 15.1. The normalized spacial score (nSPS) is 32.0. The second kappa shape index (κ2) is 11.6. The van der Waals surface area contributed by atoms with E-state index in [9.17, 15) is 0 Å². The molecule has 0 aliphatic heterocycles. The number of hydrogen-bond acceptors (Lipinski definition) is 1. The number of rotatable bonds is 5. The average molecular weight is 772 g/mol. The number of hydrogen-bond donors (Lipinski definition) is 0. The molecule has 9 aliphatic carbocycles. The van der Waals surface area contributed by atoms with Gasteiger partial charge in [-0.1, -0.05) is 127 Å². The van der Waals surface area contributed by atoms with Crippen molar-refractivity contribution in [1.82, 2.24) is 0 Å². The number of anilines is 3. The lowest BCUT2D eigenvalue weighted by molar-refractivity contribution is -0.252. The maximum absolute atomic E-state index is 2.60. The van der Waals surface area contributed by atoms with Crippen LogP contribution in [0.1, 0.15) is 79.0 Å². The van der Waals surface area contributed by atoms with E-state index in [0.717, 1.165) is 41.4 Å². The summed E-state index contributed by atoms with van der Waals surface area (Å²) < 4.78 is 0. The van der Waals surface area contributed by atoms with E-state index in [1.165, 1.54) is 107 Å². The summed E-state index contributed by atoms with van der Waals surface area (Å²) in [5, 5.41) is 0. The summed E-state index contributed by atoms with van der Waals surface area (Å²) in [4.78, 5) is 2.51. The second-order valence-corrected chi connectivity index (χ2v) is 20.4. The Bertz CT molecular complexity index is 2910. The van der Waals surface area contributed by atoms with E-state index in [0.29, 0.717) is 11.3 Å². The third kappa shape index (κ3) is 3.97. The maximum atomic E-state index is 2.60. The summed E-state index contributed by atoms with van der Waals surface area (Å²) >= 11 is 0. The molecule has 7 aromatic carbocycles. The third-order valence-electron chi connectivity index (χ3n) is 18.6. The van der Waals surface area contributed by atoms with Crippen LogP contribution in [-0.2, 0) is 5.41 Å². The quantitative estimate of drug-likeness (QED) is 0.168. The lowest BCUT2D eigenvalue weighted by Crippen LogP contribution is -2.70. The Morgan fingerprint density at radius 3 is 1.77 bits per heavy atom. The fourth-order valence-corrected chi connectivity index (χ4v) is 16.5. The zero-order valence-corrected chi connectivity index (χ0v) is 34.1. The summed E-state index contributed by atoms with van der Waals surface area (Å²) in [6.45, 7) is 0. The van der Waals surface area contributed by atoms with Gasteiger partial charge in [-0.2, -0.15) is 0 Å². The summed E-state index contributed by atoms with van der Waals surface area (Å²) in [5.74, 6) is 6.75. The fraction of sp³-hybridized carbons (Fsp3) is 0.288. The molecule has 0 aromatic heterocycles. The van der Waals surface area contributed by atoms with Gasteiger partial charge in [-0.15, -0.1) is 0 Å². The molecular formula is C59H49N. The zero-order chi connectivity index (χ0) is 38.9. The van der Waals surface area contributed by atoms with Gasteiger partial charge in [0.25, 0.3) is 0 Å². The molecule has 2 spiro atoms. The van der Waals surface area contributed by atoms with E-state index in [1.54, 1.807) is 22.3 Å². The van der Waals surface area contributed by atoms with Gasteiger partial charge in [0.1, 0.15) is 0 Å². The molecule has 0 amide bonds. The minimum Gasteiger partial charge on any atom is -0.310 e. The summed E-state index contributed by atoms with van der Waals surface area (Å²) in [6.07, 6.45) is 9.96. The minimum absolute atomic E-state index is 0.195. The van der Waals surface area contributed by atoms with Gasteiger partial charge in [-0.25, -0.2) is 0 Å². The van der Waals surface area contributed by atoms with Crippen molar-refractivity contribution >= 4 is 17.1 Å². The Balaban J connectivity index is 0.842. The first-order chi connectivity index (χ1) is 29.7. The van der Waals surface area contributed by atoms with Crippen LogP contribution in [0.4, 0.5) is 17.1 Å². The SMILES string of the molecule is c1ccc(-c2ccc(N(c3ccc(-c4ccc5c(c4)C4CC6CC7CC(c8ccccc8-5)C764)cc3)c3ccc4c(c3)-c3ccccc3C43C4CC5CC(C4)C3C5)cc2)cc1. The smallest absolute Gasteiger partial charge is 0.0468 e. The molecule has 0 saturated heterocycles. The van der Waals surface area contributed by atoms with Crippen molar-refractivity contribution in [2.75, 3.05) is 4.90 Å². The van der Waals surface area contributed by atoms with Gasteiger partial charge >= 0.3 is 0 Å². The minimum atomic E-state index is 0.195. The van der Waals surface area contributed by atoms with Crippen LogP contribution in [0.25, 0.3) is 44.5 Å². The lowest BCUT2D eigenvalue weighted by atomic mass is 9.25. The topological polar surface area (TPSA) is 3.24 Å². The van der Waals surface area contributed by atoms with Gasteiger partial charge < -0.3 is 4.90 Å². The van der Waals surface area contributed by atoms with E-state index in [2.05, 4.69) is 169 Å². The van der Waals surface area contributed by atoms with Gasteiger partial charge in [0.15, 0.2) is 0 Å². The molecule has 9 aliphatic rings. The van der Waals surface area contributed by atoms with E-state index in [1.807, 2.05) is 0 Å². The molecule has 7 aromatic rings. The second-order valence-electron chi connectivity index (χ2n) is 20.4. The molecule has 10 atom stereocenters. The molecule has 290 valence electrons. The van der Waals surface area contributed by atoms with E-state index >= 15 is 0 Å². The van der Waals surface area contributed by atoms with Crippen molar-refractivity contribution in [3.05, 3.63) is 186 Å². The number of benzene rings is 7. The molecule has 7 fully saturated rings. The average Bonchev–Trinajstić information content (AvgIpc) is 3.80. The zero-order valence-electron chi connectivity index (χ0n) is 34.1. The standard InChI is InChI=1S/C59H49N/c1-2-8-36(9-3-1)37-14-19-44(20-15-37)60(46-23-25-54-52(34-46)50-12-6-7-13-53(50)59(54)41-27-35-26-40(29-41)55(59)28-35)45-21-16-38(17-22-45)39-18-24-48-47-10-4-5-11-49(47)56-32-42-31-43-33-57(51(48)30-39)58(42,43)56/h1-25,30,34-35,40-43,55-57H,26-29,31-33H2. The van der Waals surface area contributed by atoms with Crippen molar-refractivity contribution < 1.29 is 0 Å². The van der Waals surface area contributed by atoms with Crippen molar-refractivity contribution in [3.63, 3.8) is 0 Å². The van der Waals surface area contributed by atoms with Gasteiger partial charge in [-0.05, 0) is 201 Å². The van der Waals surface area contributed by atoms with Gasteiger partial charge in [0.05, 0.1) is 0 Å². The molecule has 16 rings (SSSR count). The van der Waals surface area contributed by atoms with E-state index in [-0.39, 0.29) is 5.41 Å². The van der Waals surface area contributed by atoms with Gasteiger partial charge in [0.2, 0.25) is 0 Å². The molecule has 1 nitrogen and oxygen atoms in total. The highest BCUT2D eigenvalue weighted by molar-refractivity contribution is 5.88. The predicted molar refractivity (Wildman–Crippen MR) is 245 cm³/mol. The Kier molecular flexibility index (Phi) is 6.39. The Labute approximate surface area is 354 Å². The summed E-state index contributed by atoms with van der Waals surface area (Å²) in [6, 6.07) is 63.5. The summed E-state index contributed by atoms with van der Waals surface area (Å²) in [7, 11) is 0. The maximum Gasteiger partial charge on any atom is 0.0468 e. The number of fused-ring (bicyclic) bond motifs is 8. The molecular weight excluding hydrogens is 723 g/mol. The van der Waals surface area contributed by atoms with Crippen molar-refractivity contribution in [2.45, 2.75) is 62.2 Å². The highest BCUT2D eigenvalue weighted by Crippen LogP contribution is 2.85. The van der Waals surface area contributed by atoms with Gasteiger partial charge in [0, 0.05) is 22.5 Å². The molecule has 10 unspecified atom stereocenters.